The van der Waals surface area contributed by atoms with Crippen LogP contribution < -0.4 is 10.6 Å². The number of carbonyl (C=O) groups is 1. The van der Waals surface area contributed by atoms with Crippen molar-refractivity contribution in [1.82, 2.24) is 10.6 Å². The van der Waals surface area contributed by atoms with E-state index in [9.17, 15) is 4.79 Å². The van der Waals surface area contributed by atoms with Crippen molar-refractivity contribution in [1.29, 1.82) is 0 Å². The topological polar surface area (TPSA) is 50.4 Å². The minimum atomic E-state index is -0.0724. The van der Waals surface area contributed by atoms with Crippen LogP contribution in [0.15, 0.2) is 15.9 Å². The maximum absolute atomic E-state index is 11.8. The molecule has 2 fully saturated rings. The lowest BCUT2D eigenvalue weighted by Gasteiger charge is -2.20. The number of halogens is 1. The van der Waals surface area contributed by atoms with E-state index in [1.165, 1.54) is 4.88 Å². The summed E-state index contributed by atoms with van der Waals surface area (Å²) in [6, 6.07) is 4.25. The number of hydrogen-bond acceptors (Lipinski definition) is 3. The molecule has 2 aliphatic rings. The van der Waals surface area contributed by atoms with E-state index >= 15 is 0 Å². The van der Waals surface area contributed by atoms with Crippen LogP contribution in [0.1, 0.15) is 24.1 Å². The number of fused-ring (bicyclic) bond motifs is 2. The molecule has 0 aliphatic carbocycles. The van der Waals surface area contributed by atoms with Crippen LogP contribution in [0.4, 0.5) is 4.79 Å². The van der Waals surface area contributed by atoms with Crippen molar-refractivity contribution >= 4 is 33.3 Å². The second-order valence-electron chi connectivity index (χ2n) is 5.07. The third-order valence-corrected chi connectivity index (χ3v) is 5.39. The largest absolute Gasteiger partial charge is 0.373 e. The summed E-state index contributed by atoms with van der Waals surface area (Å²) in [6.45, 7) is 0.667. The van der Waals surface area contributed by atoms with Gasteiger partial charge in [-0.1, -0.05) is 0 Å². The van der Waals surface area contributed by atoms with Crippen molar-refractivity contribution in [3.63, 3.8) is 0 Å². The van der Waals surface area contributed by atoms with Crippen LogP contribution in [-0.2, 0) is 11.2 Å². The van der Waals surface area contributed by atoms with Gasteiger partial charge in [0.1, 0.15) is 0 Å². The molecule has 0 saturated carbocycles. The summed E-state index contributed by atoms with van der Waals surface area (Å²) in [5, 5.41) is 5.93. The van der Waals surface area contributed by atoms with Gasteiger partial charge in [0.15, 0.2) is 0 Å². The first-order valence-electron chi connectivity index (χ1n) is 6.65. The Hall–Kier alpha value is -0.590. The molecule has 0 spiro atoms. The summed E-state index contributed by atoms with van der Waals surface area (Å²) >= 11 is 5.14. The van der Waals surface area contributed by atoms with Gasteiger partial charge in [-0.25, -0.2) is 4.79 Å². The second kappa shape index (κ2) is 5.81. The quantitative estimate of drug-likeness (QED) is 0.882. The molecule has 0 radical (unpaired) electrons. The molecule has 2 amide bonds. The Morgan fingerprint density at radius 2 is 2.37 bits per heavy atom. The number of urea groups is 1. The standard InChI is InChI=1S/C13H17BrN2O2S/c14-12-4-2-9(19-12)5-6-15-13(17)16-10-7-8-1-3-11(10)18-8/h2,4,8,10-11H,1,3,5-7H2,(H2,15,16,17)/t8-,10-,11-/m1/s1. The van der Waals surface area contributed by atoms with Crippen LogP contribution in [0.3, 0.4) is 0 Å². The van der Waals surface area contributed by atoms with Gasteiger partial charge in [-0.15, -0.1) is 11.3 Å². The lowest BCUT2D eigenvalue weighted by Crippen LogP contribution is -2.46. The molecule has 0 aromatic carbocycles. The molecule has 6 heteroatoms. The highest BCUT2D eigenvalue weighted by molar-refractivity contribution is 9.11. The van der Waals surface area contributed by atoms with Crippen molar-refractivity contribution in [3.8, 4) is 0 Å². The maximum Gasteiger partial charge on any atom is 0.315 e. The van der Waals surface area contributed by atoms with E-state index in [0.29, 0.717) is 12.6 Å². The van der Waals surface area contributed by atoms with E-state index in [2.05, 4.69) is 32.6 Å². The molecule has 104 valence electrons. The van der Waals surface area contributed by atoms with Gasteiger partial charge in [0.05, 0.1) is 22.0 Å². The highest BCUT2D eigenvalue weighted by Gasteiger charge is 2.41. The van der Waals surface area contributed by atoms with Gasteiger partial charge < -0.3 is 15.4 Å². The minimum absolute atomic E-state index is 0.0724. The molecular formula is C13H17BrN2O2S. The van der Waals surface area contributed by atoms with Gasteiger partial charge >= 0.3 is 6.03 Å². The molecule has 3 atom stereocenters. The van der Waals surface area contributed by atoms with Crippen LogP contribution in [0.2, 0.25) is 0 Å². The highest BCUT2D eigenvalue weighted by atomic mass is 79.9. The van der Waals surface area contributed by atoms with Crippen molar-refractivity contribution in [2.45, 2.75) is 43.9 Å². The molecule has 4 nitrogen and oxygen atoms in total. The second-order valence-corrected chi connectivity index (χ2v) is 7.62. The number of rotatable bonds is 4. The number of hydrogen-bond donors (Lipinski definition) is 2. The Labute approximate surface area is 125 Å². The number of carbonyl (C=O) groups excluding carboxylic acids is 1. The van der Waals surface area contributed by atoms with Crippen LogP contribution in [0.5, 0.6) is 0 Å². The van der Waals surface area contributed by atoms with Gasteiger partial charge in [-0.3, -0.25) is 0 Å². The lowest BCUT2D eigenvalue weighted by atomic mass is 9.96. The molecule has 0 unspecified atom stereocenters. The average Bonchev–Trinajstić information content (AvgIpc) is 3.06. The molecule has 2 saturated heterocycles. The summed E-state index contributed by atoms with van der Waals surface area (Å²) in [6.07, 6.45) is 4.69. The Balaban J connectivity index is 1.37. The van der Waals surface area contributed by atoms with Crippen molar-refractivity contribution in [3.05, 3.63) is 20.8 Å². The van der Waals surface area contributed by atoms with Gasteiger partial charge in [0.2, 0.25) is 0 Å². The summed E-state index contributed by atoms with van der Waals surface area (Å²) in [4.78, 5) is 13.1. The number of ether oxygens (including phenoxy) is 1. The Morgan fingerprint density at radius 1 is 1.47 bits per heavy atom. The Kier molecular flexibility index (Phi) is 4.10. The first kappa shape index (κ1) is 13.4. The number of thiophene rings is 1. The van der Waals surface area contributed by atoms with E-state index in [1.807, 2.05) is 6.07 Å². The molecule has 1 aromatic heterocycles. The van der Waals surface area contributed by atoms with E-state index in [0.717, 1.165) is 29.5 Å². The van der Waals surface area contributed by atoms with Gasteiger partial charge in [0, 0.05) is 11.4 Å². The average molecular weight is 345 g/mol. The molecule has 3 rings (SSSR count). The molecule has 2 N–H and O–H groups in total. The van der Waals surface area contributed by atoms with Crippen molar-refractivity contribution in [2.75, 3.05) is 6.54 Å². The predicted molar refractivity (Wildman–Crippen MR) is 78.6 cm³/mol. The number of amides is 2. The van der Waals surface area contributed by atoms with Crippen LogP contribution in [0, 0.1) is 0 Å². The van der Waals surface area contributed by atoms with E-state index < -0.39 is 0 Å². The van der Waals surface area contributed by atoms with Gasteiger partial charge in [0.25, 0.3) is 0 Å². The van der Waals surface area contributed by atoms with Crippen LogP contribution >= 0.6 is 27.3 Å². The molecule has 2 bridgehead atoms. The van der Waals surface area contributed by atoms with Crippen LogP contribution in [-0.4, -0.2) is 30.8 Å². The van der Waals surface area contributed by atoms with E-state index in [-0.39, 0.29) is 18.2 Å². The SMILES string of the molecule is O=C(NCCc1ccc(Br)s1)N[C@@H]1C[C@H]2CC[C@H]1O2. The minimum Gasteiger partial charge on any atom is -0.373 e. The van der Waals surface area contributed by atoms with E-state index in [1.54, 1.807) is 11.3 Å². The zero-order valence-electron chi connectivity index (χ0n) is 10.5. The fraction of sp³-hybridized carbons (Fsp3) is 0.615. The smallest absolute Gasteiger partial charge is 0.315 e. The summed E-state index contributed by atoms with van der Waals surface area (Å²) in [7, 11) is 0. The Bertz CT molecular complexity index is 465. The highest BCUT2D eigenvalue weighted by Crippen LogP contribution is 2.34. The third-order valence-electron chi connectivity index (χ3n) is 3.71. The molecular weight excluding hydrogens is 328 g/mol. The van der Waals surface area contributed by atoms with E-state index in [4.69, 9.17) is 4.74 Å². The first-order chi connectivity index (χ1) is 9.20. The van der Waals surface area contributed by atoms with Crippen molar-refractivity contribution < 1.29 is 9.53 Å². The first-order valence-corrected chi connectivity index (χ1v) is 8.26. The van der Waals surface area contributed by atoms with Gasteiger partial charge in [-0.05, 0) is 53.7 Å². The summed E-state index contributed by atoms with van der Waals surface area (Å²) in [5.41, 5.74) is 0. The summed E-state index contributed by atoms with van der Waals surface area (Å²) < 4.78 is 6.85. The van der Waals surface area contributed by atoms with Crippen LogP contribution in [0.25, 0.3) is 0 Å². The number of nitrogens with one attached hydrogen (secondary N) is 2. The third kappa shape index (κ3) is 3.30. The maximum atomic E-state index is 11.8. The summed E-state index contributed by atoms with van der Waals surface area (Å²) in [5.74, 6) is 0. The lowest BCUT2D eigenvalue weighted by molar-refractivity contribution is 0.0981. The normalized spacial score (nSPS) is 28.6. The monoisotopic (exact) mass is 344 g/mol. The zero-order chi connectivity index (χ0) is 13.2. The Morgan fingerprint density at radius 3 is 3.00 bits per heavy atom. The van der Waals surface area contributed by atoms with Gasteiger partial charge in [-0.2, -0.15) is 0 Å². The predicted octanol–water partition coefficient (Wildman–Crippen LogP) is 2.67. The molecule has 19 heavy (non-hydrogen) atoms. The van der Waals surface area contributed by atoms with Crippen molar-refractivity contribution in [2.24, 2.45) is 0 Å². The zero-order valence-corrected chi connectivity index (χ0v) is 12.9. The molecule has 1 aromatic rings. The fourth-order valence-corrected chi connectivity index (χ4v) is 4.28. The fourth-order valence-electron chi connectivity index (χ4n) is 2.79. The molecule has 3 heterocycles. The molecule has 2 aliphatic heterocycles.